The highest BCUT2D eigenvalue weighted by molar-refractivity contribution is 7.98. The molecule has 1 aliphatic heterocycles. The molecule has 0 radical (unpaired) electrons. The first-order valence-corrected chi connectivity index (χ1v) is 8.17. The molecule has 2 rings (SSSR count). The predicted molar refractivity (Wildman–Crippen MR) is 81.4 cm³/mol. The van der Waals surface area contributed by atoms with Crippen molar-refractivity contribution in [1.29, 1.82) is 0 Å². The molecular weight excluding hydrogens is 258 g/mol. The fourth-order valence-corrected chi connectivity index (χ4v) is 2.85. The molecular formula is C15H23NO2S. The van der Waals surface area contributed by atoms with E-state index in [1.54, 1.807) is 7.11 Å². The topological polar surface area (TPSA) is 21.7 Å². The summed E-state index contributed by atoms with van der Waals surface area (Å²) < 4.78 is 11.3. The van der Waals surface area contributed by atoms with Gasteiger partial charge in [0.25, 0.3) is 0 Å². The van der Waals surface area contributed by atoms with E-state index < -0.39 is 0 Å². The molecule has 0 spiro atoms. The van der Waals surface area contributed by atoms with Crippen LogP contribution in [0.5, 0.6) is 11.5 Å². The van der Waals surface area contributed by atoms with Gasteiger partial charge in [-0.05, 0) is 38.0 Å². The molecule has 0 saturated heterocycles. The Morgan fingerprint density at radius 3 is 3.05 bits per heavy atom. The van der Waals surface area contributed by atoms with Crippen LogP contribution in [0.2, 0.25) is 0 Å². The van der Waals surface area contributed by atoms with Crippen LogP contribution >= 0.6 is 11.8 Å². The fourth-order valence-electron chi connectivity index (χ4n) is 2.43. The van der Waals surface area contributed by atoms with Gasteiger partial charge in [0.1, 0.15) is 17.6 Å². The monoisotopic (exact) mass is 281 g/mol. The van der Waals surface area contributed by atoms with Crippen LogP contribution in [0.1, 0.15) is 18.9 Å². The molecule has 1 unspecified atom stereocenters. The lowest BCUT2D eigenvalue weighted by Gasteiger charge is -2.21. The van der Waals surface area contributed by atoms with E-state index in [0.717, 1.165) is 31.1 Å². The minimum atomic E-state index is 0.225. The number of hydrogen-bond donors (Lipinski definition) is 0. The van der Waals surface area contributed by atoms with E-state index in [9.17, 15) is 0 Å². The van der Waals surface area contributed by atoms with Crippen molar-refractivity contribution in [2.24, 2.45) is 0 Å². The maximum atomic E-state index is 6.01. The van der Waals surface area contributed by atoms with E-state index in [1.807, 2.05) is 23.9 Å². The zero-order valence-corrected chi connectivity index (χ0v) is 12.8. The number of ether oxygens (including phenoxy) is 2. The van der Waals surface area contributed by atoms with Crippen LogP contribution in [0.25, 0.3) is 0 Å². The lowest BCUT2D eigenvalue weighted by molar-refractivity contribution is 0.161. The van der Waals surface area contributed by atoms with Crippen LogP contribution in [0.4, 0.5) is 0 Å². The Balaban J connectivity index is 2.08. The van der Waals surface area contributed by atoms with Gasteiger partial charge >= 0.3 is 0 Å². The first-order valence-electron chi connectivity index (χ1n) is 6.77. The summed E-state index contributed by atoms with van der Waals surface area (Å²) in [7, 11) is 1.69. The number of fused-ring (bicyclic) bond motifs is 1. The number of methoxy groups -OCH3 is 1. The highest BCUT2D eigenvalue weighted by Crippen LogP contribution is 2.29. The normalized spacial score (nSPS) is 19.4. The molecule has 0 N–H and O–H groups in total. The lowest BCUT2D eigenvalue weighted by atomic mass is 10.2. The van der Waals surface area contributed by atoms with Gasteiger partial charge < -0.3 is 9.47 Å². The quantitative estimate of drug-likeness (QED) is 0.773. The molecule has 1 heterocycles. The summed E-state index contributed by atoms with van der Waals surface area (Å²) in [6.45, 7) is 5.24. The second kappa shape index (κ2) is 7.06. The van der Waals surface area contributed by atoms with Crippen LogP contribution in [-0.2, 0) is 6.54 Å². The van der Waals surface area contributed by atoms with Gasteiger partial charge in [0.05, 0.1) is 7.11 Å². The van der Waals surface area contributed by atoms with Gasteiger partial charge in [-0.25, -0.2) is 0 Å². The number of nitrogens with zero attached hydrogens (tertiary/aromatic N) is 1. The maximum absolute atomic E-state index is 6.01. The maximum Gasteiger partial charge on any atom is 0.127 e. The number of hydrogen-bond acceptors (Lipinski definition) is 4. The molecule has 1 aliphatic rings. The van der Waals surface area contributed by atoms with Crippen LogP contribution in [0.15, 0.2) is 18.2 Å². The summed E-state index contributed by atoms with van der Waals surface area (Å²) in [5.41, 5.74) is 1.26. The van der Waals surface area contributed by atoms with E-state index >= 15 is 0 Å². The third kappa shape index (κ3) is 4.05. The van der Waals surface area contributed by atoms with Gasteiger partial charge in [0, 0.05) is 24.7 Å². The number of benzene rings is 1. The standard InChI is InChI=1S/C15H23NO2S/c1-12-10-16(7-4-8-19-3)11-13-5-6-14(17-2)9-15(13)18-12/h5-6,9,12H,4,7-8,10-11H2,1-3H3. The molecule has 19 heavy (non-hydrogen) atoms. The summed E-state index contributed by atoms with van der Waals surface area (Å²) in [5, 5.41) is 0. The zero-order valence-electron chi connectivity index (χ0n) is 12.0. The minimum absolute atomic E-state index is 0.225. The number of thioether (sulfide) groups is 1. The summed E-state index contributed by atoms with van der Waals surface area (Å²) >= 11 is 1.91. The molecule has 0 bridgehead atoms. The third-order valence-electron chi connectivity index (χ3n) is 3.33. The van der Waals surface area contributed by atoms with Crippen LogP contribution in [0.3, 0.4) is 0 Å². The highest BCUT2D eigenvalue weighted by Gasteiger charge is 2.20. The van der Waals surface area contributed by atoms with E-state index in [2.05, 4.69) is 24.1 Å². The predicted octanol–water partition coefficient (Wildman–Crippen LogP) is 3.03. The van der Waals surface area contributed by atoms with E-state index in [1.165, 1.54) is 17.7 Å². The van der Waals surface area contributed by atoms with E-state index in [4.69, 9.17) is 9.47 Å². The molecule has 0 fully saturated rings. The van der Waals surface area contributed by atoms with Crippen molar-refractivity contribution >= 4 is 11.8 Å². The van der Waals surface area contributed by atoms with Crippen molar-refractivity contribution < 1.29 is 9.47 Å². The van der Waals surface area contributed by atoms with Gasteiger partial charge in [-0.2, -0.15) is 11.8 Å². The van der Waals surface area contributed by atoms with Gasteiger partial charge in [-0.3, -0.25) is 4.90 Å². The molecule has 0 saturated carbocycles. The Bertz CT molecular complexity index is 411. The summed E-state index contributed by atoms with van der Waals surface area (Å²) in [4.78, 5) is 2.49. The molecule has 4 heteroatoms. The van der Waals surface area contributed by atoms with Crippen LogP contribution in [0, 0.1) is 0 Å². The fraction of sp³-hybridized carbons (Fsp3) is 0.600. The van der Waals surface area contributed by atoms with Crippen molar-refractivity contribution in [3.05, 3.63) is 23.8 Å². The Hall–Kier alpha value is -0.870. The molecule has 0 aromatic heterocycles. The lowest BCUT2D eigenvalue weighted by Crippen LogP contribution is -2.31. The summed E-state index contributed by atoms with van der Waals surface area (Å²) in [6, 6.07) is 6.13. The minimum Gasteiger partial charge on any atom is -0.497 e. The Kier molecular flexibility index (Phi) is 5.40. The molecule has 0 amide bonds. The van der Waals surface area contributed by atoms with Crippen molar-refractivity contribution in [3.63, 3.8) is 0 Å². The molecule has 1 aromatic carbocycles. The van der Waals surface area contributed by atoms with E-state index in [-0.39, 0.29) is 6.10 Å². The Morgan fingerprint density at radius 1 is 1.47 bits per heavy atom. The second-order valence-electron chi connectivity index (χ2n) is 4.98. The smallest absolute Gasteiger partial charge is 0.127 e. The van der Waals surface area contributed by atoms with Gasteiger partial charge in [-0.15, -0.1) is 0 Å². The molecule has 3 nitrogen and oxygen atoms in total. The van der Waals surface area contributed by atoms with E-state index in [0.29, 0.717) is 0 Å². The number of rotatable bonds is 5. The Labute approximate surface area is 120 Å². The highest BCUT2D eigenvalue weighted by atomic mass is 32.2. The third-order valence-corrected chi connectivity index (χ3v) is 4.03. The zero-order chi connectivity index (χ0) is 13.7. The molecule has 1 aromatic rings. The SMILES string of the molecule is COc1ccc2c(c1)OC(C)CN(CCCSC)C2. The first-order chi connectivity index (χ1) is 9.22. The van der Waals surface area contributed by atoms with Gasteiger partial charge in [-0.1, -0.05) is 6.07 Å². The summed E-state index contributed by atoms with van der Waals surface area (Å²) in [5.74, 6) is 3.06. The van der Waals surface area contributed by atoms with Crippen molar-refractivity contribution in [2.75, 3.05) is 32.2 Å². The average Bonchev–Trinajstić information content (AvgIpc) is 2.55. The van der Waals surface area contributed by atoms with Crippen LogP contribution < -0.4 is 9.47 Å². The van der Waals surface area contributed by atoms with Crippen molar-refractivity contribution in [1.82, 2.24) is 4.90 Å². The van der Waals surface area contributed by atoms with Crippen molar-refractivity contribution in [2.45, 2.75) is 26.0 Å². The average molecular weight is 281 g/mol. The Morgan fingerprint density at radius 2 is 2.32 bits per heavy atom. The molecule has 0 aliphatic carbocycles. The molecule has 106 valence electrons. The van der Waals surface area contributed by atoms with Crippen molar-refractivity contribution in [3.8, 4) is 11.5 Å². The summed E-state index contributed by atoms with van der Waals surface area (Å²) in [6.07, 6.45) is 3.62. The second-order valence-corrected chi connectivity index (χ2v) is 5.97. The van der Waals surface area contributed by atoms with Crippen LogP contribution in [-0.4, -0.2) is 43.2 Å². The van der Waals surface area contributed by atoms with Gasteiger partial charge in [0.15, 0.2) is 0 Å². The first kappa shape index (κ1) is 14.5. The van der Waals surface area contributed by atoms with Gasteiger partial charge in [0.2, 0.25) is 0 Å². The largest absolute Gasteiger partial charge is 0.497 e. The molecule has 1 atom stereocenters.